The van der Waals surface area contributed by atoms with Crippen molar-refractivity contribution in [2.24, 2.45) is 0 Å². The van der Waals surface area contributed by atoms with Crippen molar-refractivity contribution in [2.45, 2.75) is 30.6 Å². The molecule has 4 nitrogen and oxygen atoms in total. The summed E-state index contributed by atoms with van der Waals surface area (Å²) in [5, 5.41) is 19.8. The van der Waals surface area contributed by atoms with Gasteiger partial charge in [-0.15, -0.1) is 0 Å². The SMILES string of the molecule is Cc1ccc(S(=O)(=O)c2c(C)cccc2O)c(C)c1O. The van der Waals surface area contributed by atoms with Crippen LogP contribution in [0.2, 0.25) is 0 Å². The van der Waals surface area contributed by atoms with Gasteiger partial charge in [-0.2, -0.15) is 0 Å². The molecule has 0 saturated heterocycles. The molecule has 0 aliphatic heterocycles. The summed E-state index contributed by atoms with van der Waals surface area (Å²) >= 11 is 0. The number of sulfone groups is 1. The van der Waals surface area contributed by atoms with E-state index in [0.717, 1.165) is 0 Å². The molecule has 2 aromatic rings. The molecule has 0 unspecified atom stereocenters. The Morgan fingerprint density at radius 3 is 2.15 bits per heavy atom. The fourth-order valence-corrected chi connectivity index (χ4v) is 4.01. The lowest BCUT2D eigenvalue weighted by Crippen LogP contribution is -2.07. The van der Waals surface area contributed by atoms with Crippen LogP contribution in [0.1, 0.15) is 16.7 Å². The van der Waals surface area contributed by atoms with Crippen molar-refractivity contribution in [3.63, 3.8) is 0 Å². The zero-order valence-corrected chi connectivity index (χ0v) is 12.3. The third-order valence-electron chi connectivity index (χ3n) is 3.33. The monoisotopic (exact) mass is 292 g/mol. The molecule has 0 bridgehead atoms. The molecule has 20 heavy (non-hydrogen) atoms. The number of phenols is 2. The van der Waals surface area contributed by atoms with E-state index in [1.165, 1.54) is 12.1 Å². The first-order chi connectivity index (χ1) is 9.26. The van der Waals surface area contributed by atoms with Crippen LogP contribution >= 0.6 is 0 Å². The van der Waals surface area contributed by atoms with E-state index in [-0.39, 0.29) is 26.9 Å². The van der Waals surface area contributed by atoms with E-state index < -0.39 is 9.84 Å². The molecule has 5 heteroatoms. The minimum absolute atomic E-state index is 0.00481. The lowest BCUT2D eigenvalue weighted by Gasteiger charge is -2.13. The highest BCUT2D eigenvalue weighted by Gasteiger charge is 2.26. The van der Waals surface area contributed by atoms with Crippen LogP contribution in [0.15, 0.2) is 40.1 Å². The lowest BCUT2D eigenvalue weighted by molar-refractivity contribution is 0.456. The highest BCUT2D eigenvalue weighted by Crippen LogP contribution is 2.35. The summed E-state index contributed by atoms with van der Waals surface area (Å²) in [5.74, 6) is -0.330. The van der Waals surface area contributed by atoms with Crippen LogP contribution in [-0.4, -0.2) is 18.6 Å². The van der Waals surface area contributed by atoms with E-state index in [4.69, 9.17) is 0 Å². The average Bonchev–Trinajstić information content (AvgIpc) is 2.35. The van der Waals surface area contributed by atoms with E-state index in [0.29, 0.717) is 11.1 Å². The van der Waals surface area contributed by atoms with Gasteiger partial charge in [0.15, 0.2) is 0 Å². The first-order valence-electron chi connectivity index (χ1n) is 6.09. The number of benzene rings is 2. The van der Waals surface area contributed by atoms with Crippen molar-refractivity contribution in [1.82, 2.24) is 0 Å². The number of phenolic OH excluding ortho intramolecular Hbond substituents is 2. The molecule has 2 rings (SSSR count). The first-order valence-corrected chi connectivity index (χ1v) is 7.58. The third kappa shape index (κ3) is 2.14. The number of aromatic hydroxyl groups is 2. The van der Waals surface area contributed by atoms with Gasteiger partial charge < -0.3 is 10.2 Å². The molecule has 0 aromatic heterocycles. The predicted molar refractivity (Wildman–Crippen MR) is 75.9 cm³/mol. The van der Waals surface area contributed by atoms with Crippen molar-refractivity contribution in [3.05, 3.63) is 47.0 Å². The molecule has 0 radical (unpaired) electrons. The molecule has 0 aliphatic carbocycles. The smallest absolute Gasteiger partial charge is 0.210 e. The molecular formula is C15H16O4S. The normalized spacial score (nSPS) is 11.6. The maximum atomic E-state index is 12.7. The van der Waals surface area contributed by atoms with Crippen LogP contribution in [0, 0.1) is 20.8 Å². The van der Waals surface area contributed by atoms with Crippen LogP contribution in [-0.2, 0) is 9.84 Å². The van der Waals surface area contributed by atoms with Gasteiger partial charge in [-0.25, -0.2) is 8.42 Å². The number of aryl methyl sites for hydroxylation is 2. The van der Waals surface area contributed by atoms with Crippen LogP contribution in [0.25, 0.3) is 0 Å². The van der Waals surface area contributed by atoms with Crippen molar-refractivity contribution >= 4 is 9.84 Å². The van der Waals surface area contributed by atoms with Gasteiger partial charge in [-0.3, -0.25) is 0 Å². The zero-order valence-electron chi connectivity index (χ0n) is 11.5. The number of rotatable bonds is 2. The summed E-state index contributed by atoms with van der Waals surface area (Å²) in [5.41, 5.74) is 1.35. The molecule has 2 N–H and O–H groups in total. The Hall–Kier alpha value is -2.01. The predicted octanol–water partition coefficient (Wildman–Crippen LogP) is 2.86. The maximum Gasteiger partial charge on any atom is 0.210 e. The highest BCUT2D eigenvalue weighted by atomic mass is 32.2. The van der Waals surface area contributed by atoms with Gasteiger partial charge in [0.1, 0.15) is 16.4 Å². The molecule has 0 aliphatic rings. The molecule has 0 spiro atoms. The van der Waals surface area contributed by atoms with Gasteiger partial charge in [0.2, 0.25) is 9.84 Å². The number of hydrogen-bond donors (Lipinski definition) is 2. The highest BCUT2D eigenvalue weighted by molar-refractivity contribution is 7.91. The van der Waals surface area contributed by atoms with Crippen molar-refractivity contribution < 1.29 is 18.6 Å². The Morgan fingerprint density at radius 2 is 1.55 bits per heavy atom. The third-order valence-corrected chi connectivity index (χ3v) is 5.42. The minimum Gasteiger partial charge on any atom is -0.507 e. The maximum absolute atomic E-state index is 12.7. The second-order valence-corrected chi connectivity index (χ2v) is 6.64. The Balaban J connectivity index is 2.78. The molecule has 0 saturated carbocycles. The zero-order chi connectivity index (χ0) is 15.1. The summed E-state index contributed by atoms with van der Waals surface area (Å²) in [6.45, 7) is 4.87. The molecular weight excluding hydrogens is 276 g/mol. The Kier molecular flexibility index (Phi) is 3.48. The Morgan fingerprint density at radius 1 is 0.900 bits per heavy atom. The van der Waals surface area contributed by atoms with Crippen LogP contribution in [0.3, 0.4) is 0 Å². The van der Waals surface area contributed by atoms with Gasteiger partial charge in [0.25, 0.3) is 0 Å². The van der Waals surface area contributed by atoms with E-state index in [9.17, 15) is 18.6 Å². The minimum atomic E-state index is -3.88. The van der Waals surface area contributed by atoms with Gasteiger partial charge in [-0.1, -0.05) is 18.2 Å². The second kappa shape index (κ2) is 4.83. The van der Waals surface area contributed by atoms with Crippen LogP contribution in [0.5, 0.6) is 11.5 Å². The van der Waals surface area contributed by atoms with Gasteiger partial charge >= 0.3 is 0 Å². The standard InChI is InChI=1S/C15H16O4S/c1-9-7-8-13(11(3)14(9)17)20(18,19)15-10(2)5-4-6-12(15)16/h4-8,16-17H,1-3H3. The van der Waals surface area contributed by atoms with Crippen LogP contribution < -0.4 is 0 Å². The molecule has 0 fully saturated rings. The second-order valence-electron chi connectivity index (χ2n) is 4.78. The largest absolute Gasteiger partial charge is 0.507 e. The van der Waals surface area contributed by atoms with Crippen LogP contribution in [0.4, 0.5) is 0 Å². The van der Waals surface area contributed by atoms with E-state index in [1.54, 1.807) is 39.0 Å². The summed E-state index contributed by atoms with van der Waals surface area (Å²) in [6.07, 6.45) is 0. The molecule has 0 atom stereocenters. The van der Waals surface area contributed by atoms with E-state index in [1.807, 2.05) is 0 Å². The van der Waals surface area contributed by atoms with E-state index in [2.05, 4.69) is 0 Å². The molecule has 2 aromatic carbocycles. The summed E-state index contributed by atoms with van der Waals surface area (Å²) in [4.78, 5) is -0.114. The summed E-state index contributed by atoms with van der Waals surface area (Å²) < 4.78 is 25.4. The summed E-state index contributed by atoms with van der Waals surface area (Å²) in [6, 6.07) is 7.54. The topological polar surface area (TPSA) is 74.6 Å². The lowest BCUT2D eigenvalue weighted by atomic mass is 10.1. The first kappa shape index (κ1) is 14.4. The van der Waals surface area contributed by atoms with Crippen molar-refractivity contribution in [1.29, 1.82) is 0 Å². The van der Waals surface area contributed by atoms with Crippen molar-refractivity contribution in [3.8, 4) is 11.5 Å². The average molecular weight is 292 g/mol. The fraction of sp³-hybridized carbons (Fsp3) is 0.200. The number of hydrogen-bond acceptors (Lipinski definition) is 4. The Labute approximate surface area is 118 Å². The van der Waals surface area contributed by atoms with Crippen molar-refractivity contribution in [2.75, 3.05) is 0 Å². The Bertz CT molecular complexity index is 756. The van der Waals surface area contributed by atoms with E-state index >= 15 is 0 Å². The van der Waals surface area contributed by atoms with Gasteiger partial charge in [0.05, 0.1) is 4.90 Å². The summed E-state index contributed by atoms with van der Waals surface area (Å²) in [7, 11) is -3.88. The fourth-order valence-electron chi connectivity index (χ4n) is 2.20. The quantitative estimate of drug-likeness (QED) is 0.892. The molecule has 0 amide bonds. The van der Waals surface area contributed by atoms with Gasteiger partial charge in [-0.05, 0) is 44.0 Å². The molecule has 106 valence electrons. The molecule has 0 heterocycles. The van der Waals surface area contributed by atoms with Gasteiger partial charge in [0, 0.05) is 5.56 Å².